The Morgan fingerprint density at radius 1 is 1.06 bits per heavy atom. The van der Waals surface area contributed by atoms with Crippen LogP contribution >= 0.6 is 11.6 Å². The van der Waals surface area contributed by atoms with E-state index in [-0.39, 0.29) is 11.8 Å². The van der Waals surface area contributed by atoms with Gasteiger partial charge >= 0.3 is 0 Å². The third kappa shape index (κ3) is 7.05. The quantitative estimate of drug-likeness (QED) is 0.492. The number of carbonyl (C=O) groups is 2. The molecule has 1 heterocycles. The van der Waals surface area contributed by atoms with E-state index in [0.717, 1.165) is 69.5 Å². The lowest BCUT2D eigenvalue weighted by atomic mass is 9.96. The number of likely N-dealkylation sites (tertiary alicyclic amines) is 1. The Morgan fingerprint density at radius 3 is 2.48 bits per heavy atom. The zero-order chi connectivity index (χ0) is 23.6. The number of amides is 2. The fraction of sp³-hybridized carbons (Fsp3) is 0.481. The fourth-order valence-electron chi connectivity index (χ4n) is 4.51. The number of benzene rings is 2. The van der Waals surface area contributed by atoms with Gasteiger partial charge in [-0.05, 0) is 76.4 Å². The first-order chi connectivity index (χ1) is 16.0. The Bertz CT molecular complexity index is 912. The molecule has 0 radical (unpaired) electrons. The van der Waals surface area contributed by atoms with Crippen molar-refractivity contribution in [2.45, 2.75) is 39.5 Å². The molecule has 1 aliphatic heterocycles. The molecule has 1 fully saturated rings. The van der Waals surface area contributed by atoms with Crippen molar-refractivity contribution in [2.24, 2.45) is 5.92 Å². The average Bonchev–Trinajstić information content (AvgIpc) is 2.85. The minimum absolute atomic E-state index is 0.0523. The number of nitrogens with one attached hydrogen (secondary N) is 1. The Morgan fingerprint density at radius 2 is 1.79 bits per heavy atom. The van der Waals surface area contributed by atoms with Gasteiger partial charge in [-0.3, -0.25) is 9.59 Å². The highest BCUT2D eigenvalue weighted by Crippen LogP contribution is 2.27. The van der Waals surface area contributed by atoms with Crippen LogP contribution in [-0.4, -0.2) is 60.9 Å². The molecule has 1 saturated heterocycles. The molecule has 5 nitrogen and oxygen atoms in total. The molecule has 178 valence electrons. The van der Waals surface area contributed by atoms with Gasteiger partial charge in [-0.1, -0.05) is 41.9 Å². The molecular formula is C27H36ClN3O2. The Kier molecular flexibility index (Phi) is 9.76. The molecule has 0 spiro atoms. The van der Waals surface area contributed by atoms with Crippen molar-refractivity contribution in [1.29, 1.82) is 0 Å². The van der Waals surface area contributed by atoms with Gasteiger partial charge in [0.05, 0.1) is 5.92 Å². The standard InChI is InChI=1S/C27H36ClN3O2/c1-3-31(4-2)27(33)23-10-9-19-30(20-23)18-8-7-17-29-26(32)22-15-13-21(14-16-22)24-11-5-6-12-25(24)28/h5-6,11-16,23H,3-4,7-10,17-20H2,1-2H3,(H,29,32). The zero-order valence-electron chi connectivity index (χ0n) is 19.9. The smallest absolute Gasteiger partial charge is 0.251 e. The van der Waals surface area contributed by atoms with Crippen molar-refractivity contribution in [1.82, 2.24) is 15.1 Å². The van der Waals surface area contributed by atoms with Crippen LogP contribution in [0.2, 0.25) is 5.02 Å². The van der Waals surface area contributed by atoms with E-state index in [1.807, 2.05) is 67.3 Å². The van der Waals surface area contributed by atoms with Crippen LogP contribution in [0.4, 0.5) is 0 Å². The SMILES string of the molecule is CCN(CC)C(=O)C1CCCN(CCCCNC(=O)c2ccc(-c3ccccc3Cl)cc2)C1. The van der Waals surface area contributed by atoms with Crippen molar-refractivity contribution in [3.05, 3.63) is 59.1 Å². The topological polar surface area (TPSA) is 52.7 Å². The number of unbranched alkanes of at least 4 members (excludes halogenated alkanes) is 1. The molecule has 2 aromatic rings. The Hall–Kier alpha value is -2.37. The summed E-state index contributed by atoms with van der Waals surface area (Å²) in [7, 11) is 0. The lowest BCUT2D eigenvalue weighted by molar-refractivity contribution is -0.137. The summed E-state index contributed by atoms with van der Waals surface area (Å²) < 4.78 is 0. The van der Waals surface area contributed by atoms with Crippen LogP contribution in [-0.2, 0) is 4.79 Å². The Labute approximate surface area is 203 Å². The maximum Gasteiger partial charge on any atom is 0.251 e. The van der Waals surface area contributed by atoms with Crippen LogP contribution in [0.1, 0.15) is 49.9 Å². The number of piperidine rings is 1. The van der Waals surface area contributed by atoms with Gasteiger partial charge < -0.3 is 15.1 Å². The van der Waals surface area contributed by atoms with Crippen LogP contribution in [0, 0.1) is 5.92 Å². The van der Waals surface area contributed by atoms with E-state index in [9.17, 15) is 9.59 Å². The van der Waals surface area contributed by atoms with E-state index in [2.05, 4.69) is 10.2 Å². The lowest BCUT2D eigenvalue weighted by Gasteiger charge is -2.34. The highest BCUT2D eigenvalue weighted by molar-refractivity contribution is 6.33. The minimum Gasteiger partial charge on any atom is -0.352 e. The third-order valence-electron chi connectivity index (χ3n) is 6.45. The molecule has 0 aromatic heterocycles. The summed E-state index contributed by atoms with van der Waals surface area (Å²) in [5, 5.41) is 3.72. The molecule has 3 rings (SSSR count). The van der Waals surface area contributed by atoms with Gasteiger partial charge in [0.2, 0.25) is 5.91 Å². The van der Waals surface area contributed by atoms with E-state index < -0.39 is 0 Å². The van der Waals surface area contributed by atoms with Crippen LogP contribution in [0.3, 0.4) is 0 Å². The van der Waals surface area contributed by atoms with Crippen molar-refractivity contribution in [3.63, 3.8) is 0 Å². The highest BCUT2D eigenvalue weighted by atomic mass is 35.5. The molecule has 33 heavy (non-hydrogen) atoms. The van der Waals surface area contributed by atoms with Gasteiger partial charge in [-0.15, -0.1) is 0 Å². The summed E-state index contributed by atoms with van der Waals surface area (Å²) in [5.41, 5.74) is 2.61. The summed E-state index contributed by atoms with van der Waals surface area (Å²) in [6.45, 7) is 9.21. The normalized spacial score (nSPS) is 16.4. The largest absolute Gasteiger partial charge is 0.352 e. The molecule has 1 unspecified atom stereocenters. The van der Waals surface area contributed by atoms with Gasteiger partial charge in [0, 0.05) is 42.3 Å². The van der Waals surface area contributed by atoms with Crippen LogP contribution < -0.4 is 5.32 Å². The second kappa shape index (κ2) is 12.8. The maximum atomic E-state index is 12.7. The molecule has 0 aliphatic carbocycles. The third-order valence-corrected chi connectivity index (χ3v) is 6.78. The predicted octanol–water partition coefficient (Wildman–Crippen LogP) is 5.10. The number of hydrogen-bond acceptors (Lipinski definition) is 3. The number of halogens is 1. The molecule has 0 saturated carbocycles. The average molecular weight is 470 g/mol. The van der Waals surface area contributed by atoms with Gasteiger partial charge in [0.25, 0.3) is 5.91 Å². The fourth-order valence-corrected chi connectivity index (χ4v) is 4.76. The number of hydrogen-bond donors (Lipinski definition) is 1. The second-order valence-corrected chi connectivity index (χ2v) is 9.08. The van der Waals surface area contributed by atoms with Gasteiger partial charge in [-0.2, -0.15) is 0 Å². The van der Waals surface area contributed by atoms with Crippen molar-refractivity contribution in [2.75, 3.05) is 39.3 Å². The monoisotopic (exact) mass is 469 g/mol. The van der Waals surface area contributed by atoms with E-state index >= 15 is 0 Å². The molecule has 2 amide bonds. The highest BCUT2D eigenvalue weighted by Gasteiger charge is 2.27. The van der Waals surface area contributed by atoms with Crippen molar-refractivity contribution < 1.29 is 9.59 Å². The van der Waals surface area contributed by atoms with Gasteiger partial charge in [0.15, 0.2) is 0 Å². The second-order valence-electron chi connectivity index (χ2n) is 8.67. The van der Waals surface area contributed by atoms with E-state index in [1.54, 1.807) is 0 Å². The predicted molar refractivity (Wildman–Crippen MR) is 136 cm³/mol. The van der Waals surface area contributed by atoms with E-state index in [4.69, 9.17) is 11.6 Å². The number of carbonyl (C=O) groups excluding carboxylic acids is 2. The van der Waals surface area contributed by atoms with Crippen LogP contribution in [0.5, 0.6) is 0 Å². The lowest BCUT2D eigenvalue weighted by Crippen LogP contribution is -2.45. The zero-order valence-corrected chi connectivity index (χ0v) is 20.6. The Balaban J connectivity index is 1.38. The summed E-state index contributed by atoms with van der Waals surface area (Å²) in [4.78, 5) is 29.5. The van der Waals surface area contributed by atoms with E-state index in [1.165, 1.54) is 0 Å². The minimum atomic E-state index is -0.0523. The molecule has 6 heteroatoms. The molecule has 1 N–H and O–H groups in total. The van der Waals surface area contributed by atoms with Gasteiger partial charge in [-0.25, -0.2) is 0 Å². The summed E-state index contributed by atoms with van der Waals surface area (Å²) in [6, 6.07) is 15.2. The molecule has 1 aliphatic rings. The summed E-state index contributed by atoms with van der Waals surface area (Å²) >= 11 is 6.26. The summed E-state index contributed by atoms with van der Waals surface area (Å²) in [5.74, 6) is 0.383. The van der Waals surface area contributed by atoms with Crippen molar-refractivity contribution in [3.8, 4) is 11.1 Å². The van der Waals surface area contributed by atoms with E-state index in [0.29, 0.717) is 23.0 Å². The first-order valence-electron chi connectivity index (χ1n) is 12.2. The van der Waals surface area contributed by atoms with Crippen molar-refractivity contribution >= 4 is 23.4 Å². The van der Waals surface area contributed by atoms with Crippen LogP contribution in [0.15, 0.2) is 48.5 Å². The summed E-state index contributed by atoms with van der Waals surface area (Å²) in [6.07, 6.45) is 4.02. The first-order valence-corrected chi connectivity index (χ1v) is 12.6. The molecule has 2 aromatic carbocycles. The van der Waals surface area contributed by atoms with Gasteiger partial charge in [0.1, 0.15) is 0 Å². The number of rotatable bonds is 10. The maximum absolute atomic E-state index is 12.7. The van der Waals surface area contributed by atoms with Crippen LogP contribution in [0.25, 0.3) is 11.1 Å². The molecule has 1 atom stereocenters. The first kappa shape index (κ1) is 25.3. The molecular weight excluding hydrogens is 434 g/mol. The molecule has 0 bridgehead atoms. The number of nitrogens with zero attached hydrogens (tertiary/aromatic N) is 2.